The Hall–Kier alpha value is -1.75. The lowest BCUT2D eigenvalue weighted by Crippen LogP contribution is -2.63. The summed E-state index contributed by atoms with van der Waals surface area (Å²) in [5.74, 6) is -2.60. The Labute approximate surface area is 228 Å². The molecule has 4 atom stereocenters. The molecule has 4 bridgehead atoms. The number of carbonyl (C=O) groups excluding carboxylic acids is 2. The van der Waals surface area contributed by atoms with Crippen molar-refractivity contribution in [3.63, 3.8) is 0 Å². The minimum Gasteiger partial charge on any atom is -0.481 e. The Balaban J connectivity index is 1.14. The molecule has 0 radical (unpaired) electrons. The number of hydrogen-bond donors (Lipinski definition) is 3. The molecule has 7 aliphatic rings. The Kier molecular flexibility index (Phi) is 7.44. The number of carboxylic acid groups (broad SMARTS) is 1. The van der Waals surface area contributed by atoms with E-state index >= 15 is 0 Å². The molecule has 7 fully saturated rings. The molecule has 3 N–H and O–H groups in total. The molecule has 1 heterocycles. The molecular formula is C29H42O10. The van der Waals surface area contributed by atoms with Crippen LogP contribution >= 0.6 is 0 Å². The third kappa shape index (κ3) is 5.11. The molecule has 218 valence electrons. The molecule has 0 aromatic rings. The molecule has 0 aromatic heterocycles. The maximum atomic E-state index is 12.8. The smallest absolute Gasteiger partial charge is 0.309 e. The lowest BCUT2D eigenvalue weighted by Gasteiger charge is -2.61. The minimum absolute atomic E-state index is 0.0234. The summed E-state index contributed by atoms with van der Waals surface area (Å²) in [7, 11) is 0. The highest BCUT2D eigenvalue weighted by molar-refractivity contribution is 5.75. The molecule has 1 spiro atoms. The van der Waals surface area contributed by atoms with Crippen molar-refractivity contribution in [3.05, 3.63) is 0 Å². The van der Waals surface area contributed by atoms with Crippen LogP contribution in [0.15, 0.2) is 0 Å². The predicted molar refractivity (Wildman–Crippen MR) is 134 cm³/mol. The van der Waals surface area contributed by atoms with Gasteiger partial charge in [-0.15, -0.1) is 0 Å². The zero-order valence-electron chi connectivity index (χ0n) is 22.5. The van der Waals surface area contributed by atoms with Crippen molar-refractivity contribution in [3.8, 4) is 0 Å². The van der Waals surface area contributed by atoms with Crippen LogP contribution < -0.4 is 0 Å². The van der Waals surface area contributed by atoms with Gasteiger partial charge in [-0.05, 0) is 89.4 Å². The van der Waals surface area contributed by atoms with E-state index in [0.717, 1.165) is 12.8 Å². The van der Waals surface area contributed by atoms with Gasteiger partial charge in [0.05, 0.1) is 29.5 Å². The average molecular weight is 551 g/mol. The topological polar surface area (TPSA) is 149 Å². The van der Waals surface area contributed by atoms with Crippen LogP contribution in [0.25, 0.3) is 0 Å². The summed E-state index contributed by atoms with van der Waals surface area (Å²) in [5, 5.41) is 29.6. The molecule has 10 heteroatoms. The fourth-order valence-corrected chi connectivity index (χ4v) is 8.70. The molecule has 0 amide bonds. The van der Waals surface area contributed by atoms with E-state index < -0.39 is 29.4 Å². The normalized spacial score (nSPS) is 46.8. The highest BCUT2D eigenvalue weighted by Gasteiger charge is 2.69. The average Bonchev–Trinajstić information content (AvgIpc) is 3.29. The van der Waals surface area contributed by atoms with Gasteiger partial charge in [-0.1, -0.05) is 0 Å². The van der Waals surface area contributed by atoms with Crippen LogP contribution in [-0.4, -0.2) is 76.6 Å². The summed E-state index contributed by atoms with van der Waals surface area (Å²) in [4.78, 5) is 37.9. The summed E-state index contributed by atoms with van der Waals surface area (Å²) in [6, 6.07) is 0. The second-order valence-electron chi connectivity index (χ2n) is 13.2. The second-order valence-corrected chi connectivity index (χ2v) is 13.2. The first-order chi connectivity index (χ1) is 18.7. The first kappa shape index (κ1) is 27.4. The van der Waals surface area contributed by atoms with Gasteiger partial charge < -0.3 is 34.3 Å². The molecule has 1 aliphatic heterocycles. The lowest BCUT2D eigenvalue weighted by atomic mass is 9.47. The van der Waals surface area contributed by atoms with Gasteiger partial charge in [-0.3, -0.25) is 14.4 Å². The first-order valence-electron chi connectivity index (χ1n) is 15.0. The fourth-order valence-electron chi connectivity index (χ4n) is 8.70. The standard InChI is InChI=1S/C29H42O10/c30-21-5-1-17(2-6-21)25(32)36-14-23-24(15-37-26(33)18-3-7-22(31)8-4-18)39-29(38-23)19-9-16-10-20(29)13-28(11-16,12-19)27(34)35/h16-24,30-31H,1-15H2,(H,34,35). The van der Waals surface area contributed by atoms with Gasteiger partial charge >= 0.3 is 17.9 Å². The molecule has 6 aliphatic carbocycles. The summed E-state index contributed by atoms with van der Waals surface area (Å²) in [6.45, 7) is -0.0468. The Morgan fingerprint density at radius 3 is 1.54 bits per heavy atom. The van der Waals surface area contributed by atoms with Crippen molar-refractivity contribution in [2.75, 3.05) is 13.2 Å². The van der Waals surface area contributed by atoms with Crippen LogP contribution in [0.2, 0.25) is 0 Å². The Morgan fingerprint density at radius 2 is 1.13 bits per heavy atom. The predicted octanol–water partition coefficient (Wildman–Crippen LogP) is 2.57. The summed E-state index contributed by atoms with van der Waals surface area (Å²) >= 11 is 0. The Bertz CT molecular complexity index is 886. The van der Waals surface area contributed by atoms with E-state index in [1.807, 2.05) is 0 Å². The maximum Gasteiger partial charge on any atom is 0.309 e. The molecule has 6 saturated carbocycles. The van der Waals surface area contributed by atoms with E-state index in [4.69, 9.17) is 18.9 Å². The van der Waals surface area contributed by atoms with Crippen LogP contribution in [0.3, 0.4) is 0 Å². The third-order valence-electron chi connectivity index (χ3n) is 10.7. The number of ether oxygens (including phenoxy) is 4. The highest BCUT2D eigenvalue weighted by atomic mass is 16.8. The molecule has 4 unspecified atom stereocenters. The third-order valence-corrected chi connectivity index (χ3v) is 10.7. The molecule has 7 rings (SSSR count). The maximum absolute atomic E-state index is 12.8. The van der Waals surface area contributed by atoms with Crippen molar-refractivity contribution in [2.45, 2.75) is 114 Å². The lowest BCUT2D eigenvalue weighted by molar-refractivity contribution is -0.312. The van der Waals surface area contributed by atoms with Gasteiger partial charge in [-0.2, -0.15) is 0 Å². The summed E-state index contributed by atoms with van der Waals surface area (Å²) in [6.07, 6.45) is 6.12. The number of esters is 2. The number of aliphatic hydroxyl groups is 2. The van der Waals surface area contributed by atoms with Crippen LogP contribution in [0, 0.1) is 35.0 Å². The molecule has 0 aromatic carbocycles. The van der Waals surface area contributed by atoms with Gasteiger partial charge in [0, 0.05) is 11.8 Å². The van der Waals surface area contributed by atoms with Gasteiger partial charge in [0.1, 0.15) is 25.4 Å². The van der Waals surface area contributed by atoms with Crippen molar-refractivity contribution < 1.29 is 48.7 Å². The largest absolute Gasteiger partial charge is 0.481 e. The zero-order valence-corrected chi connectivity index (χ0v) is 22.5. The van der Waals surface area contributed by atoms with E-state index in [0.29, 0.717) is 76.5 Å². The van der Waals surface area contributed by atoms with Crippen molar-refractivity contribution >= 4 is 17.9 Å². The molecule has 39 heavy (non-hydrogen) atoms. The number of hydrogen-bond acceptors (Lipinski definition) is 9. The van der Waals surface area contributed by atoms with E-state index in [2.05, 4.69) is 0 Å². The SMILES string of the molecule is O=C(OCC1OC2(OC1COC(=O)C1CCC(O)CC1)C1CC3CC2CC(C(=O)O)(C3)C1)C1CCC(O)CC1. The van der Waals surface area contributed by atoms with E-state index in [-0.39, 0.29) is 61.0 Å². The molecule has 1 saturated heterocycles. The minimum atomic E-state index is -0.950. The number of aliphatic carboxylic acids is 1. The van der Waals surface area contributed by atoms with Crippen LogP contribution in [-0.2, 0) is 33.3 Å². The monoisotopic (exact) mass is 550 g/mol. The van der Waals surface area contributed by atoms with Crippen LogP contribution in [0.1, 0.15) is 83.5 Å². The van der Waals surface area contributed by atoms with Crippen molar-refractivity contribution in [1.82, 2.24) is 0 Å². The quantitative estimate of drug-likeness (QED) is 0.404. The van der Waals surface area contributed by atoms with Gasteiger partial charge in [-0.25, -0.2) is 0 Å². The molecular weight excluding hydrogens is 508 g/mol. The summed E-state index contributed by atoms with van der Waals surface area (Å²) in [5.41, 5.74) is -0.724. The van der Waals surface area contributed by atoms with Gasteiger partial charge in [0.2, 0.25) is 0 Å². The van der Waals surface area contributed by atoms with Gasteiger partial charge in [0.15, 0.2) is 5.79 Å². The number of rotatable bonds is 7. The molecule has 10 nitrogen and oxygen atoms in total. The number of aliphatic hydroxyl groups excluding tert-OH is 2. The second kappa shape index (κ2) is 10.6. The van der Waals surface area contributed by atoms with Crippen molar-refractivity contribution in [1.29, 1.82) is 0 Å². The first-order valence-corrected chi connectivity index (χ1v) is 15.0. The number of carbonyl (C=O) groups is 3. The number of carboxylic acids is 1. The van der Waals surface area contributed by atoms with E-state index in [1.54, 1.807) is 0 Å². The van der Waals surface area contributed by atoms with E-state index in [1.165, 1.54) is 0 Å². The van der Waals surface area contributed by atoms with Crippen LogP contribution in [0.4, 0.5) is 0 Å². The van der Waals surface area contributed by atoms with Crippen molar-refractivity contribution in [2.24, 2.45) is 35.0 Å². The highest BCUT2D eigenvalue weighted by Crippen LogP contribution is 2.66. The van der Waals surface area contributed by atoms with Crippen LogP contribution in [0.5, 0.6) is 0 Å². The van der Waals surface area contributed by atoms with E-state index in [9.17, 15) is 29.7 Å². The summed E-state index contributed by atoms with van der Waals surface area (Å²) < 4.78 is 24.8. The van der Waals surface area contributed by atoms with Gasteiger partial charge in [0.25, 0.3) is 0 Å². The fraction of sp³-hybridized carbons (Fsp3) is 0.897. The zero-order chi connectivity index (χ0) is 27.4. The Morgan fingerprint density at radius 1 is 0.692 bits per heavy atom.